The fraction of sp³-hybridized carbons (Fsp3) is 0.409. The Morgan fingerprint density at radius 2 is 1.79 bits per heavy atom. The van der Waals surface area contributed by atoms with Crippen molar-refractivity contribution in [1.82, 2.24) is 5.32 Å². The highest BCUT2D eigenvalue weighted by Crippen LogP contribution is 2.16. The van der Waals surface area contributed by atoms with Crippen LogP contribution in [-0.4, -0.2) is 45.1 Å². The Morgan fingerprint density at radius 3 is 2.39 bits per heavy atom. The van der Waals surface area contributed by atoms with E-state index in [0.717, 1.165) is 50.7 Å². The van der Waals surface area contributed by atoms with Gasteiger partial charge < -0.3 is 25.0 Å². The molecule has 5 nitrogen and oxygen atoms in total. The molecule has 3 N–H and O–H groups in total. The lowest BCUT2D eigenvalue weighted by atomic mass is 10.0. The molecule has 0 saturated carbocycles. The third-order valence-corrected chi connectivity index (χ3v) is 5.48. The zero-order valence-electron chi connectivity index (χ0n) is 16.7. The van der Waals surface area contributed by atoms with E-state index in [-0.39, 0.29) is 0 Å². The van der Waals surface area contributed by atoms with Gasteiger partial charge in [-0.1, -0.05) is 19.1 Å². The lowest BCUT2D eigenvalue weighted by molar-refractivity contribution is -0.937. The molecule has 0 amide bonds. The molecule has 1 saturated heterocycles. The Balaban J connectivity index is 1.63. The summed E-state index contributed by atoms with van der Waals surface area (Å²) < 4.78 is 10.8. The van der Waals surface area contributed by atoms with E-state index >= 15 is 0 Å². The number of ether oxygens (including phenoxy) is 2. The zero-order valence-corrected chi connectivity index (χ0v) is 17.5. The van der Waals surface area contributed by atoms with Crippen LogP contribution in [0.2, 0.25) is 0 Å². The SMILES string of the molecule is CCc1ccc(NC(=S)NC[C@H](c2ccc(OC)cc2)[NH+]2CCOCC2)cc1. The number of quaternary nitrogens is 1. The minimum Gasteiger partial charge on any atom is -0.497 e. The number of nitrogens with one attached hydrogen (secondary N) is 3. The van der Waals surface area contributed by atoms with Crippen molar-refractivity contribution >= 4 is 23.0 Å². The molecule has 0 aromatic heterocycles. The lowest BCUT2D eigenvalue weighted by Crippen LogP contribution is -3.15. The largest absolute Gasteiger partial charge is 0.497 e. The molecule has 0 unspecified atom stereocenters. The maximum absolute atomic E-state index is 5.55. The quantitative estimate of drug-likeness (QED) is 0.622. The topological polar surface area (TPSA) is 47.0 Å². The van der Waals surface area contributed by atoms with Gasteiger partial charge in [-0.15, -0.1) is 0 Å². The first kappa shape index (κ1) is 20.6. The molecule has 0 bridgehead atoms. The highest BCUT2D eigenvalue weighted by molar-refractivity contribution is 7.80. The van der Waals surface area contributed by atoms with Gasteiger partial charge in [0.15, 0.2) is 5.11 Å². The van der Waals surface area contributed by atoms with Crippen molar-refractivity contribution in [3.63, 3.8) is 0 Å². The van der Waals surface area contributed by atoms with E-state index in [2.05, 4.69) is 54.0 Å². The molecule has 0 aliphatic carbocycles. The van der Waals surface area contributed by atoms with Crippen molar-refractivity contribution in [2.45, 2.75) is 19.4 Å². The van der Waals surface area contributed by atoms with E-state index in [4.69, 9.17) is 21.7 Å². The minimum atomic E-state index is 0.303. The summed E-state index contributed by atoms with van der Waals surface area (Å²) in [5.41, 5.74) is 3.61. The van der Waals surface area contributed by atoms with Crippen molar-refractivity contribution in [3.8, 4) is 5.75 Å². The maximum Gasteiger partial charge on any atom is 0.171 e. The summed E-state index contributed by atoms with van der Waals surface area (Å²) in [5, 5.41) is 7.35. The second-order valence-corrected chi connectivity index (χ2v) is 7.39. The van der Waals surface area contributed by atoms with Crippen molar-refractivity contribution < 1.29 is 14.4 Å². The molecule has 1 fully saturated rings. The number of rotatable bonds is 7. The number of aryl methyl sites for hydroxylation is 1. The smallest absolute Gasteiger partial charge is 0.171 e. The molecule has 1 aliphatic heterocycles. The van der Waals surface area contributed by atoms with Crippen LogP contribution in [0.4, 0.5) is 5.69 Å². The van der Waals surface area contributed by atoms with Gasteiger partial charge in [0, 0.05) is 11.3 Å². The minimum absolute atomic E-state index is 0.303. The van der Waals surface area contributed by atoms with Crippen LogP contribution in [0.1, 0.15) is 24.1 Å². The Morgan fingerprint density at radius 1 is 1.11 bits per heavy atom. The Labute approximate surface area is 173 Å². The first-order valence-corrected chi connectivity index (χ1v) is 10.3. The second kappa shape index (κ2) is 10.4. The van der Waals surface area contributed by atoms with Gasteiger partial charge in [0.1, 0.15) is 24.9 Å². The summed E-state index contributed by atoms with van der Waals surface area (Å²) in [7, 11) is 1.69. The number of hydrogen-bond donors (Lipinski definition) is 3. The van der Waals surface area contributed by atoms with Gasteiger partial charge in [0.25, 0.3) is 0 Å². The van der Waals surface area contributed by atoms with E-state index < -0.39 is 0 Å². The first-order chi connectivity index (χ1) is 13.7. The summed E-state index contributed by atoms with van der Waals surface area (Å²) in [4.78, 5) is 1.51. The van der Waals surface area contributed by atoms with Gasteiger partial charge in [-0.2, -0.15) is 0 Å². The Hall–Kier alpha value is -2.15. The molecule has 0 radical (unpaired) electrons. The lowest BCUT2D eigenvalue weighted by Gasteiger charge is -2.32. The summed E-state index contributed by atoms with van der Waals surface area (Å²) >= 11 is 5.53. The van der Waals surface area contributed by atoms with E-state index in [1.807, 2.05) is 12.1 Å². The van der Waals surface area contributed by atoms with Gasteiger partial charge in [-0.3, -0.25) is 0 Å². The van der Waals surface area contributed by atoms with E-state index in [0.29, 0.717) is 11.2 Å². The van der Waals surface area contributed by atoms with Gasteiger partial charge >= 0.3 is 0 Å². The molecule has 3 rings (SSSR count). The first-order valence-electron chi connectivity index (χ1n) is 9.89. The highest BCUT2D eigenvalue weighted by Gasteiger charge is 2.26. The van der Waals surface area contributed by atoms with Crippen molar-refractivity contribution in [3.05, 3.63) is 59.7 Å². The van der Waals surface area contributed by atoms with Gasteiger partial charge in [0.2, 0.25) is 0 Å². The molecule has 2 aromatic carbocycles. The Bertz CT molecular complexity index is 743. The summed E-state index contributed by atoms with van der Waals surface area (Å²) in [6.07, 6.45) is 1.04. The van der Waals surface area contributed by atoms with Gasteiger partial charge in [-0.05, 0) is 60.6 Å². The zero-order chi connectivity index (χ0) is 19.8. The third-order valence-electron chi connectivity index (χ3n) is 5.23. The van der Waals surface area contributed by atoms with Crippen LogP contribution in [0.25, 0.3) is 0 Å². The predicted molar refractivity (Wildman–Crippen MR) is 117 cm³/mol. The number of benzene rings is 2. The second-order valence-electron chi connectivity index (χ2n) is 6.98. The van der Waals surface area contributed by atoms with Gasteiger partial charge in [0.05, 0.1) is 26.9 Å². The molecule has 1 aliphatic rings. The van der Waals surface area contributed by atoms with Crippen LogP contribution < -0.4 is 20.3 Å². The van der Waals surface area contributed by atoms with Crippen LogP contribution in [0.3, 0.4) is 0 Å². The molecule has 28 heavy (non-hydrogen) atoms. The third kappa shape index (κ3) is 5.67. The molecular formula is C22H30N3O2S+. The summed E-state index contributed by atoms with van der Waals surface area (Å²) in [5.74, 6) is 0.875. The normalized spacial score (nSPS) is 15.6. The summed E-state index contributed by atoms with van der Waals surface area (Å²) in [6, 6.07) is 17.0. The van der Waals surface area contributed by atoms with Crippen molar-refractivity contribution in [2.75, 3.05) is 45.3 Å². The monoisotopic (exact) mass is 400 g/mol. The number of hydrogen-bond acceptors (Lipinski definition) is 3. The predicted octanol–water partition coefficient (Wildman–Crippen LogP) is 2.20. The van der Waals surface area contributed by atoms with Crippen LogP contribution in [0.5, 0.6) is 5.75 Å². The van der Waals surface area contributed by atoms with E-state index in [1.165, 1.54) is 16.0 Å². The average Bonchev–Trinajstić information content (AvgIpc) is 2.75. The van der Waals surface area contributed by atoms with E-state index in [1.54, 1.807) is 7.11 Å². The number of anilines is 1. The molecular weight excluding hydrogens is 370 g/mol. The van der Waals surface area contributed by atoms with Crippen LogP contribution in [-0.2, 0) is 11.2 Å². The maximum atomic E-state index is 5.55. The van der Waals surface area contributed by atoms with Crippen LogP contribution in [0.15, 0.2) is 48.5 Å². The fourth-order valence-corrected chi connectivity index (χ4v) is 3.71. The number of thiocarbonyl (C=S) groups is 1. The van der Waals surface area contributed by atoms with Crippen LogP contribution >= 0.6 is 12.2 Å². The molecule has 1 heterocycles. The van der Waals surface area contributed by atoms with Gasteiger partial charge in [-0.25, -0.2) is 0 Å². The van der Waals surface area contributed by atoms with E-state index in [9.17, 15) is 0 Å². The average molecular weight is 401 g/mol. The highest BCUT2D eigenvalue weighted by atomic mass is 32.1. The standard InChI is InChI=1S/C22H29N3O2S/c1-3-17-4-8-19(9-5-17)24-22(28)23-16-21(25-12-14-27-15-13-25)18-6-10-20(26-2)11-7-18/h4-11,21H,3,12-16H2,1-2H3,(H2,23,24,28)/p+1/t21-/m1/s1. The molecule has 2 aromatic rings. The van der Waals surface area contributed by atoms with Crippen molar-refractivity contribution in [1.29, 1.82) is 0 Å². The van der Waals surface area contributed by atoms with Crippen LogP contribution in [0, 0.1) is 0 Å². The molecule has 0 spiro atoms. The fourth-order valence-electron chi connectivity index (χ4n) is 3.51. The summed E-state index contributed by atoms with van der Waals surface area (Å²) in [6.45, 7) is 6.51. The Kier molecular flexibility index (Phi) is 7.65. The van der Waals surface area contributed by atoms with Crippen molar-refractivity contribution in [2.24, 2.45) is 0 Å². The molecule has 1 atom stereocenters. The molecule has 6 heteroatoms. The number of methoxy groups -OCH3 is 1. The molecule has 150 valence electrons. The number of morpholine rings is 1.